The van der Waals surface area contributed by atoms with E-state index in [2.05, 4.69) is 4.98 Å². The topological polar surface area (TPSA) is 48.1 Å². The molecule has 1 fully saturated rings. The Hall–Kier alpha value is -1.09. The van der Waals surface area contributed by atoms with Crippen molar-refractivity contribution in [2.75, 3.05) is 6.61 Å². The molecule has 0 aliphatic heterocycles. The van der Waals surface area contributed by atoms with E-state index in [-0.39, 0.29) is 6.04 Å². The molecule has 2 N–H and O–H groups in total. The largest absolute Gasteiger partial charge is 0.492 e. The van der Waals surface area contributed by atoms with Gasteiger partial charge in [-0.3, -0.25) is 4.98 Å². The maximum absolute atomic E-state index is 5.78. The number of ether oxygens (including phenoxy) is 1. The Labute approximate surface area is 103 Å². The Morgan fingerprint density at radius 1 is 1.35 bits per heavy atom. The van der Waals surface area contributed by atoms with E-state index in [1.54, 1.807) is 6.20 Å². The number of hydrogen-bond acceptors (Lipinski definition) is 3. The van der Waals surface area contributed by atoms with Crippen LogP contribution in [0.15, 0.2) is 18.3 Å². The van der Waals surface area contributed by atoms with Gasteiger partial charge in [-0.25, -0.2) is 0 Å². The van der Waals surface area contributed by atoms with Crippen LogP contribution in [0.4, 0.5) is 0 Å². The molecule has 17 heavy (non-hydrogen) atoms. The van der Waals surface area contributed by atoms with Crippen molar-refractivity contribution in [2.45, 2.75) is 45.1 Å². The maximum Gasteiger partial charge on any atom is 0.137 e. The summed E-state index contributed by atoms with van der Waals surface area (Å²) in [5.74, 6) is 1.59. The Morgan fingerprint density at radius 2 is 2.12 bits per heavy atom. The fraction of sp³-hybridized carbons (Fsp3) is 0.643. The summed E-state index contributed by atoms with van der Waals surface area (Å²) < 4.78 is 5.78. The van der Waals surface area contributed by atoms with Crippen LogP contribution in [-0.4, -0.2) is 11.6 Å². The van der Waals surface area contributed by atoms with Crippen molar-refractivity contribution >= 4 is 0 Å². The number of nitrogens with two attached hydrogens (primary N) is 1. The van der Waals surface area contributed by atoms with E-state index in [4.69, 9.17) is 10.5 Å². The van der Waals surface area contributed by atoms with Gasteiger partial charge in [0.1, 0.15) is 5.75 Å². The van der Waals surface area contributed by atoms with Gasteiger partial charge in [-0.15, -0.1) is 0 Å². The van der Waals surface area contributed by atoms with Gasteiger partial charge in [-0.1, -0.05) is 19.3 Å². The highest BCUT2D eigenvalue weighted by Crippen LogP contribution is 2.24. The summed E-state index contributed by atoms with van der Waals surface area (Å²) in [4.78, 5) is 4.29. The Balaban J connectivity index is 1.82. The zero-order chi connectivity index (χ0) is 12.1. The van der Waals surface area contributed by atoms with Gasteiger partial charge in [0, 0.05) is 6.04 Å². The number of rotatable bonds is 4. The second-order valence-corrected chi connectivity index (χ2v) is 5.02. The van der Waals surface area contributed by atoms with Gasteiger partial charge in [0.2, 0.25) is 0 Å². The third-order valence-electron chi connectivity index (χ3n) is 3.44. The molecule has 0 spiro atoms. The molecule has 0 bridgehead atoms. The van der Waals surface area contributed by atoms with Crippen LogP contribution < -0.4 is 10.5 Å². The van der Waals surface area contributed by atoms with Crippen LogP contribution in [-0.2, 0) is 0 Å². The number of hydrogen-bond donors (Lipinski definition) is 1. The Bertz CT molecular complexity index is 329. The van der Waals surface area contributed by atoms with Crippen LogP contribution in [0.5, 0.6) is 5.75 Å². The number of aromatic nitrogens is 1. The second kappa shape index (κ2) is 6.01. The third kappa shape index (κ3) is 3.70. The summed E-state index contributed by atoms with van der Waals surface area (Å²) in [5, 5.41) is 0. The van der Waals surface area contributed by atoms with Crippen LogP contribution in [0.2, 0.25) is 0 Å². The highest BCUT2D eigenvalue weighted by Gasteiger charge is 2.14. The molecule has 1 aliphatic carbocycles. The minimum Gasteiger partial charge on any atom is -0.492 e. The van der Waals surface area contributed by atoms with Crippen molar-refractivity contribution < 1.29 is 4.74 Å². The minimum atomic E-state index is -0.0117. The van der Waals surface area contributed by atoms with Crippen LogP contribution in [0.1, 0.15) is 50.8 Å². The molecule has 1 aromatic heterocycles. The average molecular weight is 234 g/mol. The van der Waals surface area contributed by atoms with E-state index in [1.807, 2.05) is 19.1 Å². The molecule has 2 rings (SSSR count). The van der Waals surface area contributed by atoms with E-state index in [0.29, 0.717) is 0 Å². The predicted octanol–water partition coefficient (Wildman–Crippen LogP) is 3.06. The normalized spacial score (nSPS) is 18.9. The molecule has 3 heteroatoms. The van der Waals surface area contributed by atoms with Crippen molar-refractivity contribution in [3.8, 4) is 5.75 Å². The molecule has 0 aromatic carbocycles. The quantitative estimate of drug-likeness (QED) is 0.871. The molecule has 0 amide bonds. The molecule has 0 radical (unpaired) electrons. The minimum absolute atomic E-state index is 0.0117. The second-order valence-electron chi connectivity index (χ2n) is 5.02. The summed E-state index contributed by atoms with van der Waals surface area (Å²) in [5.41, 5.74) is 6.66. The summed E-state index contributed by atoms with van der Waals surface area (Å²) in [6, 6.07) is 3.90. The van der Waals surface area contributed by atoms with Crippen LogP contribution in [0, 0.1) is 5.92 Å². The molecule has 1 atom stereocenters. The monoisotopic (exact) mass is 234 g/mol. The fourth-order valence-electron chi connectivity index (χ4n) is 2.31. The van der Waals surface area contributed by atoms with Gasteiger partial charge in [0.05, 0.1) is 18.5 Å². The summed E-state index contributed by atoms with van der Waals surface area (Å²) in [7, 11) is 0. The van der Waals surface area contributed by atoms with Crippen molar-refractivity contribution in [2.24, 2.45) is 11.7 Å². The summed E-state index contributed by atoms with van der Waals surface area (Å²) >= 11 is 0. The van der Waals surface area contributed by atoms with Crippen molar-refractivity contribution in [3.05, 3.63) is 24.0 Å². The fourth-order valence-corrected chi connectivity index (χ4v) is 2.31. The van der Waals surface area contributed by atoms with E-state index < -0.39 is 0 Å². The molecule has 1 aliphatic rings. The summed E-state index contributed by atoms with van der Waals surface area (Å²) in [6.45, 7) is 2.77. The van der Waals surface area contributed by atoms with Crippen LogP contribution >= 0.6 is 0 Å². The zero-order valence-electron chi connectivity index (χ0n) is 10.6. The molecular weight excluding hydrogens is 212 g/mol. The Kier molecular flexibility index (Phi) is 4.37. The smallest absolute Gasteiger partial charge is 0.137 e. The molecule has 3 nitrogen and oxygen atoms in total. The first-order chi connectivity index (χ1) is 8.25. The first-order valence-electron chi connectivity index (χ1n) is 6.60. The molecule has 1 aromatic rings. The van der Waals surface area contributed by atoms with E-state index in [9.17, 15) is 0 Å². The maximum atomic E-state index is 5.78. The summed E-state index contributed by atoms with van der Waals surface area (Å²) in [6.07, 6.45) is 8.51. The molecular formula is C14H22N2O. The highest BCUT2D eigenvalue weighted by atomic mass is 16.5. The first-order valence-corrected chi connectivity index (χ1v) is 6.60. The molecule has 1 saturated carbocycles. The Morgan fingerprint density at radius 3 is 2.71 bits per heavy atom. The number of pyridine rings is 1. The zero-order valence-corrected chi connectivity index (χ0v) is 10.6. The van der Waals surface area contributed by atoms with Gasteiger partial charge in [-0.2, -0.15) is 0 Å². The van der Waals surface area contributed by atoms with Gasteiger partial charge in [0.15, 0.2) is 0 Å². The lowest BCUT2D eigenvalue weighted by Crippen LogP contribution is -2.15. The van der Waals surface area contributed by atoms with E-state index in [1.165, 1.54) is 32.1 Å². The van der Waals surface area contributed by atoms with Gasteiger partial charge >= 0.3 is 0 Å². The molecule has 0 saturated heterocycles. The van der Waals surface area contributed by atoms with Gasteiger partial charge in [-0.05, 0) is 37.8 Å². The van der Waals surface area contributed by atoms with Crippen LogP contribution in [0.25, 0.3) is 0 Å². The van der Waals surface area contributed by atoms with E-state index >= 15 is 0 Å². The third-order valence-corrected chi connectivity index (χ3v) is 3.44. The van der Waals surface area contributed by atoms with Gasteiger partial charge in [0.25, 0.3) is 0 Å². The van der Waals surface area contributed by atoms with Crippen LogP contribution in [0.3, 0.4) is 0 Å². The lowest BCUT2D eigenvalue weighted by atomic mass is 9.90. The molecule has 94 valence electrons. The van der Waals surface area contributed by atoms with Crippen molar-refractivity contribution in [1.82, 2.24) is 4.98 Å². The molecule has 1 heterocycles. The van der Waals surface area contributed by atoms with Crippen molar-refractivity contribution in [1.29, 1.82) is 0 Å². The standard InChI is InChI=1S/C14H22N2O/c1-11(15)14-8-7-13(9-16-14)17-10-12-5-3-2-4-6-12/h7-9,11-12H,2-6,10,15H2,1H3/t11-/m0/s1. The number of nitrogens with zero attached hydrogens (tertiary/aromatic N) is 1. The molecule has 0 unspecified atom stereocenters. The lowest BCUT2D eigenvalue weighted by Gasteiger charge is -2.21. The highest BCUT2D eigenvalue weighted by molar-refractivity contribution is 5.21. The van der Waals surface area contributed by atoms with Crippen molar-refractivity contribution in [3.63, 3.8) is 0 Å². The predicted molar refractivity (Wildman–Crippen MR) is 68.9 cm³/mol. The van der Waals surface area contributed by atoms with E-state index in [0.717, 1.165) is 24.0 Å². The first kappa shape index (κ1) is 12.4. The van der Waals surface area contributed by atoms with Gasteiger partial charge < -0.3 is 10.5 Å². The average Bonchev–Trinajstić information content (AvgIpc) is 2.38. The lowest BCUT2D eigenvalue weighted by molar-refractivity contribution is 0.208. The SMILES string of the molecule is C[C@H](N)c1ccc(OCC2CCCCC2)cn1.